The Kier molecular flexibility index (Phi) is 6.90. The molecule has 0 saturated heterocycles. The third kappa shape index (κ3) is 5.00. The van der Waals surface area contributed by atoms with Crippen LogP contribution in [0.4, 0.5) is 0 Å². The molecule has 0 rings (SSSR count). The first kappa shape index (κ1) is 14.2. The second kappa shape index (κ2) is 5.34. The van der Waals surface area contributed by atoms with Gasteiger partial charge in [0, 0.05) is 6.92 Å². The first-order valence-corrected chi connectivity index (χ1v) is 3.47. The van der Waals surface area contributed by atoms with Crippen LogP contribution in [-0.4, -0.2) is 41.5 Å². The molecule has 1 atom stereocenters. The number of rotatable bonds is 3. The first-order chi connectivity index (χ1) is 4.39. The Bertz CT molecular complexity index is 135. The van der Waals surface area contributed by atoms with Crippen molar-refractivity contribution in [3.05, 3.63) is 0 Å². The van der Waals surface area contributed by atoms with Crippen molar-refractivity contribution in [2.24, 2.45) is 0 Å². The molecule has 68 valence electrons. The molecule has 0 bridgehead atoms. The van der Waals surface area contributed by atoms with Crippen molar-refractivity contribution in [1.29, 1.82) is 0 Å². The van der Waals surface area contributed by atoms with E-state index in [0.717, 1.165) is 0 Å². The predicted octanol–water partition coefficient (Wildman–Crippen LogP) is -3.14. The van der Waals surface area contributed by atoms with Crippen LogP contribution in [0.15, 0.2) is 0 Å². The maximum absolute atomic E-state index is 10.8. The molecule has 1 N–H and O–H groups in total. The second-order valence-corrected chi connectivity index (χ2v) is 3.82. The Morgan fingerprint density at radius 3 is 2.00 bits per heavy atom. The number of hydrogen-bond acceptors (Lipinski definition) is 3. The maximum Gasteiger partial charge on any atom is 0.190 e. The molecule has 11 heavy (non-hydrogen) atoms. The number of ketones is 1. The van der Waals surface area contributed by atoms with Gasteiger partial charge in [-0.25, -0.2) is 0 Å². The lowest BCUT2D eigenvalue weighted by Crippen LogP contribution is -3.00. The molecule has 0 aliphatic rings. The largest absolute Gasteiger partial charge is 1.00 e. The molecule has 5 heteroatoms. The summed E-state index contributed by atoms with van der Waals surface area (Å²) < 4.78 is 0.186. The number of carbonyl (C=O) groups is 1. The Labute approximate surface area is 89.9 Å². The standard InChI is InChI=1S/C6H14NO2S.HI/c1-5(9)6(4-8)7(2,3)10;/h6,8,10H,4H2,1-3H3;1H/q+1;/p-1. The summed E-state index contributed by atoms with van der Waals surface area (Å²) in [5.41, 5.74) is 0. The Morgan fingerprint density at radius 1 is 1.64 bits per heavy atom. The van der Waals surface area contributed by atoms with E-state index in [1.807, 2.05) is 0 Å². The van der Waals surface area contributed by atoms with E-state index < -0.39 is 6.04 Å². The Morgan fingerprint density at radius 2 is 2.00 bits per heavy atom. The van der Waals surface area contributed by atoms with Gasteiger partial charge in [0.25, 0.3) is 0 Å². The predicted molar refractivity (Wildman–Crippen MR) is 42.6 cm³/mol. The van der Waals surface area contributed by atoms with E-state index in [1.54, 1.807) is 14.1 Å². The third-order valence-electron chi connectivity index (χ3n) is 1.40. The number of likely N-dealkylation sites (N-methyl/N-ethyl adjacent to an activating group) is 1. The summed E-state index contributed by atoms with van der Waals surface area (Å²) in [6.07, 6.45) is 0. The highest BCUT2D eigenvalue weighted by molar-refractivity contribution is 7.74. The number of aliphatic hydroxyl groups excluding tert-OH is 1. The van der Waals surface area contributed by atoms with Crippen LogP contribution in [-0.2, 0) is 4.79 Å². The van der Waals surface area contributed by atoms with Gasteiger partial charge in [0.2, 0.25) is 0 Å². The summed E-state index contributed by atoms with van der Waals surface area (Å²) in [6.45, 7) is 1.31. The topological polar surface area (TPSA) is 37.3 Å². The van der Waals surface area contributed by atoms with Crippen LogP contribution in [0, 0.1) is 0 Å². The highest BCUT2D eigenvalue weighted by Gasteiger charge is 2.28. The molecule has 0 radical (unpaired) electrons. The molecule has 0 aromatic heterocycles. The molecule has 0 spiro atoms. The summed E-state index contributed by atoms with van der Waals surface area (Å²) >= 11 is 4.13. The minimum absolute atomic E-state index is 0. The fraction of sp³-hybridized carbons (Fsp3) is 0.833. The average molecular weight is 291 g/mol. The molecule has 0 aromatic carbocycles. The molecular formula is C6H14INO2S. The molecule has 0 fully saturated rings. The van der Waals surface area contributed by atoms with Gasteiger partial charge in [-0.1, -0.05) is 0 Å². The van der Waals surface area contributed by atoms with Crippen LogP contribution in [0.2, 0.25) is 0 Å². The zero-order valence-corrected chi connectivity index (χ0v) is 9.96. The second-order valence-electron chi connectivity index (χ2n) is 2.79. The molecule has 3 nitrogen and oxygen atoms in total. The highest BCUT2D eigenvalue weighted by Crippen LogP contribution is 2.10. The monoisotopic (exact) mass is 291 g/mol. The van der Waals surface area contributed by atoms with Crippen LogP contribution < -0.4 is 24.0 Å². The van der Waals surface area contributed by atoms with Crippen LogP contribution in [0.5, 0.6) is 0 Å². The normalized spacial score (nSPS) is 13.5. The third-order valence-corrected chi connectivity index (χ3v) is 1.68. The quantitative estimate of drug-likeness (QED) is 0.328. The van der Waals surface area contributed by atoms with Crippen LogP contribution in [0.25, 0.3) is 0 Å². The molecule has 0 saturated carbocycles. The number of nitrogens with zero attached hydrogens (tertiary/aromatic N) is 1. The number of hydrogen-bond donors (Lipinski definition) is 2. The summed E-state index contributed by atoms with van der Waals surface area (Å²) in [6, 6.07) is -0.414. The van der Waals surface area contributed by atoms with Crippen molar-refractivity contribution in [2.75, 3.05) is 20.7 Å². The van der Waals surface area contributed by atoms with Gasteiger partial charge in [-0.05, 0) is 0 Å². The molecule has 0 heterocycles. The van der Waals surface area contributed by atoms with Gasteiger partial charge < -0.3 is 29.1 Å². The number of Topliss-reactive ketones (excluding diaryl/α,β-unsaturated/α-hetero) is 1. The number of aliphatic hydroxyl groups is 1. The fourth-order valence-electron chi connectivity index (χ4n) is 0.773. The molecule has 0 aromatic rings. The molecule has 0 aliphatic carbocycles. The zero-order chi connectivity index (χ0) is 8.36. The van der Waals surface area contributed by atoms with Crippen molar-refractivity contribution < 1.29 is 37.8 Å². The molecule has 1 unspecified atom stereocenters. The van der Waals surface area contributed by atoms with Crippen molar-refractivity contribution in [1.82, 2.24) is 0 Å². The first-order valence-electron chi connectivity index (χ1n) is 3.07. The average Bonchev–Trinajstić information content (AvgIpc) is 1.60. The summed E-state index contributed by atoms with van der Waals surface area (Å²) in [5, 5.41) is 8.75. The molecule has 0 amide bonds. The number of halogens is 1. The molecular weight excluding hydrogens is 277 g/mol. The SMILES string of the molecule is CC(=O)C(CO)[N+](C)(C)S.[I-]. The highest BCUT2D eigenvalue weighted by atomic mass is 127. The number of thiol groups is 1. The molecule has 0 aliphatic heterocycles. The van der Waals surface area contributed by atoms with Crippen LogP contribution >= 0.6 is 12.8 Å². The smallest absolute Gasteiger partial charge is 0.190 e. The van der Waals surface area contributed by atoms with E-state index in [1.165, 1.54) is 6.92 Å². The van der Waals surface area contributed by atoms with Crippen LogP contribution in [0.3, 0.4) is 0 Å². The van der Waals surface area contributed by atoms with E-state index in [2.05, 4.69) is 12.8 Å². The van der Waals surface area contributed by atoms with Crippen molar-refractivity contribution >= 4 is 18.6 Å². The number of carbonyl (C=O) groups excluding carboxylic acids is 1. The van der Waals surface area contributed by atoms with Crippen LogP contribution in [0.1, 0.15) is 6.92 Å². The maximum atomic E-state index is 10.8. The van der Waals surface area contributed by atoms with Gasteiger partial charge in [0.1, 0.15) is 6.61 Å². The Hall–Kier alpha value is 0.670. The van der Waals surface area contributed by atoms with Gasteiger partial charge in [-0.15, -0.1) is 0 Å². The minimum atomic E-state index is -0.414. The fourth-order valence-corrected chi connectivity index (χ4v) is 1.01. The van der Waals surface area contributed by atoms with Gasteiger partial charge >= 0.3 is 0 Å². The lowest BCUT2D eigenvalue weighted by Gasteiger charge is -2.27. The van der Waals surface area contributed by atoms with E-state index in [0.29, 0.717) is 0 Å². The zero-order valence-electron chi connectivity index (χ0n) is 6.91. The van der Waals surface area contributed by atoms with E-state index >= 15 is 0 Å². The summed E-state index contributed by atoms with van der Waals surface area (Å²) in [5.74, 6) is -0.0394. The summed E-state index contributed by atoms with van der Waals surface area (Å²) in [4.78, 5) is 10.8. The number of quaternary nitrogens is 1. The van der Waals surface area contributed by atoms with Crippen molar-refractivity contribution in [3.8, 4) is 0 Å². The Balaban J connectivity index is 0. The van der Waals surface area contributed by atoms with Gasteiger partial charge in [-0.2, -0.15) is 0 Å². The van der Waals surface area contributed by atoms with Gasteiger partial charge in [-0.3, -0.25) is 8.68 Å². The van der Waals surface area contributed by atoms with E-state index in [4.69, 9.17) is 5.11 Å². The minimum Gasteiger partial charge on any atom is -1.00 e. The van der Waals surface area contributed by atoms with Gasteiger partial charge in [0.05, 0.1) is 26.9 Å². The van der Waals surface area contributed by atoms with Gasteiger partial charge in [0.15, 0.2) is 11.8 Å². The summed E-state index contributed by atoms with van der Waals surface area (Å²) in [7, 11) is 3.51. The van der Waals surface area contributed by atoms with Crippen molar-refractivity contribution in [2.45, 2.75) is 13.0 Å². The van der Waals surface area contributed by atoms with Crippen molar-refractivity contribution in [3.63, 3.8) is 0 Å². The van der Waals surface area contributed by atoms with E-state index in [-0.39, 0.29) is 40.3 Å². The lowest BCUT2D eigenvalue weighted by atomic mass is 10.2. The lowest BCUT2D eigenvalue weighted by molar-refractivity contribution is -0.766. The van der Waals surface area contributed by atoms with E-state index in [9.17, 15) is 4.79 Å².